The zero-order valence-corrected chi connectivity index (χ0v) is 11.9. The highest BCUT2D eigenvalue weighted by molar-refractivity contribution is 5.45. The van der Waals surface area contributed by atoms with Crippen molar-refractivity contribution in [3.63, 3.8) is 0 Å². The van der Waals surface area contributed by atoms with Crippen LogP contribution in [0.3, 0.4) is 0 Å². The molecule has 0 amide bonds. The van der Waals surface area contributed by atoms with Gasteiger partial charge in [-0.1, -0.05) is 0 Å². The maximum atomic E-state index is 12.8. The third-order valence-electron chi connectivity index (χ3n) is 2.51. The molecule has 0 aliphatic carbocycles. The molecule has 0 atom stereocenters. The van der Waals surface area contributed by atoms with Crippen molar-refractivity contribution in [3.05, 3.63) is 11.8 Å². The van der Waals surface area contributed by atoms with E-state index in [1.54, 1.807) is 25.7 Å². The Morgan fingerprint density at radius 1 is 1.30 bits per heavy atom. The van der Waals surface area contributed by atoms with Crippen molar-refractivity contribution < 1.29 is 18.3 Å². The lowest BCUT2D eigenvalue weighted by Gasteiger charge is -2.29. The summed E-state index contributed by atoms with van der Waals surface area (Å²) < 4.78 is 38.4. The zero-order chi connectivity index (χ0) is 15.6. The molecule has 114 valence electrons. The quantitative estimate of drug-likeness (QED) is 0.870. The zero-order valence-electron chi connectivity index (χ0n) is 11.9. The first kappa shape index (κ1) is 16.5. The molecule has 0 aromatic carbocycles. The molecular weight excluding hydrogens is 273 g/mol. The summed E-state index contributed by atoms with van der Waals surface area (Å²) in [5.41, 5.74) is -2.06. The van der Waals surface area contributed by atoms with E-state index >= 15 is 0 Å². The number of aromatic nitrogens is 2. The molecule has 0 fully saturated rings. The van der Waals surface area contributed by atoms with Gasteiger partial charge in [-0.05, 0) is 20.8 Å². The van der Waals surface area contributed by atoms with Crippen LogP contribution < -0.4 is 10.2 Å². The van der Waals surface area contributed by atoms with Gasteiger partial charge in [0.2, 0.25) is 5.95 Å². The third kappa shape index (κ3) is 4.52. The molecule has 0 radical (unpaired) electrons. The summed E-state index contributed by atoms with van der Waals surface area (Å²) >= 11 is 0. The Labute approximate surface area is 115 Å². The van der Waals surface area contributed by atoms with Gasteiger partial charge < -0.3 is 15.3 Å². The monoisotopic (exact) mass is 292 g/mol. The summed E-state index contributed by atoms with van der Waals surface area (Å²) in [5, 5.41) is 12.3. The van der Waals surface area contributed by atoms with E-state index in [-0.39, 0.29) is 18.3 Å². The number of hydrogen-bond donors (Lipinski definition) is 2. The summed E-state index contributed by atoms with van der Waals surface area (Å²) in [4.78, 5) is 8.98. The van der Waals surface area contributed by atoms with Crippen LogP contribution >= 0.6 is 0 Å². The van der Waals surface area contributed by atoms with Gasteiger partial charge >= 0.3 is 6.18 Å². The third-order valence-corrected chi connectivity index (χ3v) is 2.51. The Balaban J connectivity index is 3.21. The second kappa shape index (κ2) is 5.82. The number of alkyl halides is 3. The second-order valence-corrected chi connectivity index (χ2v) is 5.01. The SMILES string of the molecule is CCN(CC(C)(C)O)c1cc(C(F)(F)F)nc(NC)n1. The van der Waals surface area contributed by atoms with Crippen molar-refractivity contribution in [3.8, 4) is 0 Å². The molecule has 8 heteroatoms. The number of likely N-dealkylation sites (N-methyl/N-ethyl adjacent to an activating group) is 1. The van der Waals surface area contributed by atoms with Crippen molar-refractivity contribution in [2.45, 2.75) is 32.5 Å². The van der Waals surface area contributed by atoms with Crippen LogP contribution in [0.4, 0.5) is 24.9 Å². The van der Waals surface area contributed by atoms with Crippen LogP contribution in [0.1, 0.15) is 26.5 Å². The molecule has 1 heterocycles. The molecule has 0 saturated heterocycles. The van der Waals surface area contributed by atoms with E-state index in [0.29, 0.717) is 6.54 Å². The lowest BCUT2D eigenvalue weighted by molar-refractivity contribution is -0.141. The van der Waals surface area contributed by atoms with Gasteiger partial charge in [-0.25, -0.2) is 4.98 Å². The highest BCUT2D eigenvalue weighted by Crippen LogP contribution is 2.30. The molecule has 5 nitrogen and oxygen atoms in total. The number of aliphatic hydroxyl groups is 1. The van der Waals surface area contributed by atoms with E-state index in [9.17, 15) is 18.3 Å². The summed E-state index contributed by atoms with van der Waals surface area (Å²) in [6.07, 6.45) is -4.54. The molecule has 1 rings (SSSR count). The number of hydrogen-bond acceptors (Lipinski definition) is 5. The topological polar surface area (TPSA) is 61.3 Å². The van der Waals surface area contributed by atoms with Gasteiger partial charge in [0.15, 0.2) is 5.69 Å². The Morgan fingerprint density at radius 3 is 2.30 bits per heavy atom. The van der Waals surface area contributed by atoms with Crippen LogP contribution in [-0.4, -0.2) is 40.8 Å². The predicted molar refractivity (Wildman–Crippen MR) is 70.8 cm³/mol. The van der Waals surface area contributed by atoms with E-state index in [2.05, 4.69) is 15.3 Å². The van der Waals surface area contributed by atoms with Gasteiger partial charge in [0.25, 0.3) is 0 Å². The van der Waals surface area contributed by atoms with Crippen molar-refractivity contribution >= 4 is 11.8 Å². The average molecular weight is 292 g/mol. The van der Waals surface area contributed by atoms with E-state index < -0.39 is 17.5 Å². The van der Waals surface area contributed by atoms with Crippen LogP contribution in [0.5, 0.6) is 0 Å². The number of rotatable bonds is 5. The van der Waals surface area contributed by atoms with Gasteiger partial charge in [0.1, 0.15) is 5.82 Å². The van der Waals surface area contributed by atoms with E-state index in [0.717, 1.165) is 6.07 Å². The van der Waals surface area contributed by atoms with Crippen molar-refractivity contribution in [1.82, 2.24) is 9.97 Å². The van der Waals surface area contributed by atoms with Gasteiger partial charge in [-0.3, -0.25) is 0 Å². The molecule has 20 heavy (non-hydrogen) atoms. The first-order chi connectivity index (χ1) is 9.06. The van der Waals surface area contributed by atoms with E-state index in [1.165, 1.54) is 7.05 Å². The Hall–Kier alpha value is -1.57. The Kier molecular flexibility index (Phi) is 4.80. The normalized spacial score (nSPS) is 12.4. The fourth-order valence-electron chi connectivity index (χ4n) is 1.68. The first-order valence-electron chi connectivity index (χ1n) is 6.18. The van der Waals surface area contributed by atoms with Crippen LogP contribution in [0.15, 0.2) is 6.07 Å². The fraction of sp³-hybridized carbons (Fsp3) is 0.667. The Morgan fingerprint density at radius 2 is 1.90 bits per heavy atom. The lowest BCUT2D eigenvalue weighted by atomic mass is 10.1. The molecular formula is C12H19F3N4O. The highest BCUT2D eigenvalue weighted by atomic mass is 19.4. The summed E-state index contributed by atoms with van der Waals surface area (Å²) in [5.74, 6) is 0.0188. The molecule has 0 unspecified atom stereocenters. The molecule has 0 saturated carbocycles. The summed E-state index contributed by atoms with van der Waals surface area (Å²) in [6, 6.07) is 0.885. The van der Waals surface area contributed by atoms with Crippen molar-refractivity contribution in [2.24, 2.45) is 0 Å². The van der Waals surface area contributed by atoms with Crippen molar-refractivity contribution in [1.29, 1.82) is 0 Å². The number of nitrogens with one attached hydrogen (secondary N) is 1. The molecule has 2 N–H and O–H groups in total. The molecule has 1 aromatic rings. The highest BCUT2D eigenvalue weighted by Gasteiger charge is 2.34. The molecule has 1 aromatic heterocycles. The number of nitrogens with zero attached hydrogens (tertiary/aromatic N) is 3. The lowest BCUT2D eigenvalue weighted by Crippen LogP contribution is -2.39. The predicted octanol–water partition coefficient (Wildman–Crippen LogP) is 2.13. The molecule has 0 aliphatic heterocycles. The Bertz CT molecular complexity index is 457. The minimum Gasteiger partial charge on any atom is -0.389 e. The largest absolute Gasteiger partial charge is 0.433 e. The minimum absolute atomic E-state index is 0.107. The standard InChI is InChI=1S/C12H19F3N4O/c1-5-19(7-11(2,3)20)9-6-8(12(13,14)15)17-10(16-4)18-9/h6,20H,5,7H2,1-4H3,(H,16,17,18). The molecule has 0 spiro atoms. The van der Waals surface area contributed by atoms with Crippen molar-refractivity contribution in [2.75, 3.05) is 30.4 Å². The summed E-state index contributed by atoms with van der Waals surface area (Å²) in [7, 11) is 1.45. The van der Waals surface area contributed by atoms with Gasteiger partial charge in [0.05, 0.1) is 5.60 Å². The number of anilines is 2. The van der Waals surface area contributed by atoms with E-state index in [1.807, 2.05) is 0 Å². The van der Waals surface area contributed by atoms with Gasteiger partial charge in [-0.2, -0.15) is 18.2 Å². The average Bonchev–Trinajstić information content (AvgIpc) is 2.33. The van der Waals surface area contributed by atoms with Gasteiger partial charge in [0, 0.05) is 26.2 Å². The maximum Gasteiger partial charge on any atom is 0.433 e. The van der Waals surface area contributed by atoms with Crippen LogP contribution in [-0.2, 0) is 6.18 Å². The maximum absolute atomic E-state index is 12.8. The number of halogens is 3. The smallest absolute Gasteiger partial charge is 0.389 e. The minimum atomic E-state index is -4.54. The van der Waals surface area contributed by atoms with Crippen LogP contribution in [0.2, 0.25) is 0 Å². The molecule has 0 bridgehead atoms. The second-order valence-electron chi connectivity index (χ2n) is 5.01. The fourth-order valence-corrected chi connectivity index (χ4v) is 1.68. The van der Waals surface area contributed by atoms with Crippen LogP contribution in [0, 0.1) is 0 Å². The van der Waals surface area contributed by atoms with E-state index in [4.69, 9.17) is 0 Å². The first-order valence-corrected chi connectivity index (χ1v) is 6.18. The summed E-state index contributed by atoms with van der Waals surface area (Å²) in [6.45, 7) is 5.53. The van der Waals surface area contributed by atoms with Crippen LogP contribution in [0.25, 0.3) is 0 Å². The van der Waals surface area contributed by atoms with Gasteiger partial charge in [-0.15, -0.1) is 0 Å². The molecule has 0 aliphatic rings.